The molecule has 1 N–H and O–H groups in total. The van der Waals surface area contributed by atoms with E-state index in [1.165, 1.54) is 10.4 Å². The Labute approximate surface area is 200 Å². The van der Waals surface area contributed by atoms with Gasteiger partial charge in [-0.1, -0.05) is 55.9 Å². The van der Waals surface area contributed by atoms with Crippen molar-refractivity contribution in [2.24, 2.45) is 0 Å². The number of hydrogen-bond donors (Lipinski definition) is 1. The molecule has 33 heavy (non-hydrogen) atoms. The fourth-order valence-corrected chi connectivity index (χ4v) is 5.73. The molecule has 3 aromatic carbocycles. The summed E-state index contributed by atoms with van der Waals surface area (Å²) in [5.74, 6) is 0.172. The van der Waals surface area contributed by atoms with Gasteiger partial charge in [-0.2, -0.15) is 4.31 Å². The number of hydrogen-bond acceptors (Lipinski definition) is 5. The molecular weight excluding hydrogens is 456 g/mol. The average Bonchev–Trinajstić information content (AvgIpc) is 2.81. The van der Waals surface area contributed by atoms with Crippen molar-refractivity contribution in [2.45, 2.75) is 35.5 Å². The minimum atomic E-state index is -3.55. The van der Waals surface area contributed by atoms with E-state index in [4.69, 9.17) is 4.74 Å². The smallest absolute Gasteiger partial charge is 0.262 e. The third kappa shape index (κ3) is 6.37. The molecule has 0 aliphatic heterocycles. The summed E-state index contributed by atoms with van der Waals surface area (Å²) in [7, 11) is -3.55. The first kappa shape index (κ1) is 24.8. The summed E-state index contributed by atoms with van der Waals surface area (Å²) >= 11 is 1.57. The lowest BCUT2D eigenvalue weighted by Gasteiger charge is -2.19. The molecule has 0 bridgehead atoms. The van der Waals surface area contributed by atoms with Gasteiger partial charge in [0.25, 0.3) is 5.91 Å². The van der Waals surface area contributed by atoms with Crippen LogP contribution in [0.4, 0.5) is 5.69 Å². The highest BCUT2D eigenvalue weighted by molar-refractivity contribution is 7.99. The Hall–Kier alpha value is -2.81. The summed E-state index contributed by atoms with van der Waals surface area (Å²) in [6.07, 6.45) is 0. The minimum absolute atomic E-state index is 0.187. The Morgan fingerprint density at radius 3 is 2.30 bits per heavy atom. The van der Waals surface area contributed by atoms with E-state index < -0.39 is 10.0 Å². The topological polar surface area (TPSA) is 75.7 Å². The van der Waals surface area contributed by atoms with Gasteiger partial charge in [0.15, 0.2) is 6.61 Å². The molecule has 1 amide bonds. The lowest BCUT2D eigenvalue weighted by molar-refractivity contribution is -0.118. The van der Waals surface area contributed by atoms with Crippen molar-refractivity contribution in [3.63, 3.8) is 0 Å². The van der Waals surface area contributed by atoms with E-state index in [9.17, 15) is 13.2 Å². The van der Waals surface area contributed by atoms with Crippen LogP contribution in [0.15, 0.2) is 87.5 Å². The van der Waals surface area contributed by atoms with E-state index in [2.05, 4.69) is 5.32 Å². The standard InChI is InChI=1S/C25H28N2O4S2/c1-4-27(5-2)33(29,30)21-15-16-23(19(3)17-21)31-18-25(28)26-22-13-9-10-14-24(22)32-20-11-7-6-8-12-20/h6-17H,4-5,18H2,1-3H3,(H,26,28). The van der Waals surface area contributed by atoms with Crippen LogP contribution in [-0.2, 0) is 14.8 Å². The zero-order chi connectivity index (χ0) is 23.8. The second-order valence-electron chi connectivity index (χ2n) is 7.26. The highest BCUT2D eigenvalue weighted by atomic mass is 32.2. The molecule has 0 fully saturated rings. The summed E-state index contributed by atoms with van der Waals surface area (Å²) in [6.45, 7) is 6.00. The first-order valence-electron chi connectivity index (χ1n) is 10.7. The number of ether oxygens (including phenoxy) is 1. The Morgan fingerprint density at radius 2 is 1.64 bits per heavy atom. The van der Waals surface area contributed by atoms with E-state index in [1.807, 2.05) is 54.6 Å². The molecule has 0 saturated carbocycles. The number of para-hydroxylation sites is 1. The van der Waals surface area contributed by atoms with Gasteiger partial charge in [-0.3, -0.25) is 4.79 Å². The maximum Gasteiger partial charge on any atom is 0.262 e. The summed E-state index contributed by atoms with van der Waals surface area (Å²) in [6, 6.07) is 22.2. The number of nitrogens with zero attached hydrogens (tertiary/aromatic N) is 1. The van der Waals surface area contributed by atoms with Gasteiger partial charge in [-0.05, 0) is 55.0 Å². The summed E-state index contributed by atoms with van der Waals surface area (Å²) in [5, 5.41) is 2.90. The van der Waals surface area contributed by atoms with Gasteiger partial charge in [-0.15, -0.1) is 0 Å². The number of aryl methyl sites for hydroxylation is 1. The zero-order valence-corrected chi connectivity index (χ0v) is 20.6. The normalized spacial score (nSPS) is 11.4. The number of anilines is 1. The third-order valence-corrected chi connectivity index (χ3v) is 8.11. The van der Waals surface area contributed by atoms with Crippen LogP contribution in [-0.4, -0.2) is 38.3 Å². The zero-order valence-electron chi connectivity index (χ0n) is 18.9. The molecule has 0 aliphatic carbocycles. The second kappa shape index (κ2) is 11.4. The van der Waals surface area contributed by atoms with E-state index in [-0.39, 0.29) is 17.4 Å². The molecule has 0 unspecified atom stereocenters. The fraction of sp³-hybridized carbons (Fsp3) is 0.240. The van der Waals surface area contributed by atoms with Gasteiger partial charge < -0.3 is 10.1 Å². The SMILES string of the molecule is CCN(CC)S(=O)(=O)c1ccc(OCC(=O)Nc2ccccc2Sc2ccccc2)c(C)c1. The van der Waals surface area contributed by atoms with Gasteiger partial charge in [0, 0.05) is 22.9 Å². The second-order valence-corrected chi connectivity index (χ2v) is 10.3. The summed E-state index contributed by atoms with van der Waals surface area (Å²) < 4.78 is 32.5. The molecule has 0 spiro atoms. The largest absolute Gasteiger partial charge is 0.483 e. The molecule has 3 aromatic rings. The summed E-state index contributed by atoms with van der Waals surface area (Å²) in [4.78, 5) is 14.8. The monoisotopic (exact) mass is 484 g/mol. The fourth-order valence-electron chi connectivity index (χ4n) is 3.26. The number of amides is 1. The molecule has 0 aromatic heterocycles. The lowest BCUT2D eigenvalue weighted by Crippen LogP contribution is -2.30. The van der Waals surface area contributed by atoms with Gasteiger partial charge in [0.05, 0.1) is 10.6 Å². The van der Waals surface area contributed by atoms with Crippen molar-refractivity contribution in [3.8, 4) is 5.75 Å². The Kier molecular flexibility index (Phi) is 8.55. The first-order valence-corrected chi connectivity index (χ1v) is 13.0. The molecule has 8 heteroatoms. The number of rotatable bonds is 10. The summed E-state index contributed by atoms with van der Waals surface area (Å²) in [5.41, 5.74) is 1.36. The van der Waals surface area contributed by atoms with E-state index in [0.29, 0.717) is 30.1 Å². The molecule has 0 radical (unpaired) electrons. The van der Waals surface area contributed by atoms with Crippen LogP contribution in [0.25, 0.3) is 0 Å². The van der Waals surface area contributed by atoms with Crippen LogP contribution in [0.5, 0.6) is 5.75 Å². The maximum atomic E-state index is 12.7. The average molecular weight is 485 g/mol. The van der Waals surface area contributed by atoms with E-state index in [0.717, 1.165) is 9.79 Å². The van der Waals surface area contributed by atoms with Crippen molar-refractivity contribution in [1.29, 1.82) is 0 Å². The molecule has 174 valence electrons. The Morgan fingerprint density at radius 1 is 0.970 bits per heavy atom. The number of carbonyl (C=O) groups is 1. The predicted molar refractivity (Wildman–Crippen MR) is 132 cm³/mol. The number of nitrogens with one attached hydrogen (secondary N) is 1. The minimum Gasteiger partial charge on any atom is -0.483 e. The predicted octanol–water partition coefficient (Wildman–Crippen LogP) is 5.19. The highest BCUT2D eigenvalue weighted by Gasteiger charge is 2.22. The number of sulfonamides is 1. The van der Waals surface area contributed by atoms with Crippen LogP contribution >= 0.6 is 11.8 Å². The van der Waals surface area contributed by atoms with Crippen LogP contribution in [0, 0.1) is 6.92 Å². The maximum absolute atomic E-state index is 12.7. The van der Waals surface area contributed by atoms with E-state index >= 15 is 0 Å². The molecular formula is C25H28N2O4S2. The van der Waals surface area contributed by atoms with Crippen LogP contribution in [0.3, 0.4) is 0 Å². The van der Waals surface area contributed by atoms with Gasteiger partial charge >= 0.3 is 0 Å². The van der Waals surface area contributed by atoms with Crippen molar-refractivity contribution in [2.75, 3.05) is 25.0 Å². The van der Waals surface area contributed by atoms with Crippen molar-refractivity contribution in [1.82, 2.24) is 4.31 Å². The molecule has 0 aliphatic rings. The van der Waals surface area contributed by atoms with E-state index in [1.54, 1.807) is 44.7 Å². The van der Waals surface area contributed by atoms with Crippen molar-refractivity contribution >= 4 is 33.4 Å². The van der Waals surface area contributed by atoms with Crippen LogP contribution < -0.4 is 10.1 Å². The van der Waals surface area contributed by atoms with Crippen LogP contribution in [0.1, 0.15) is 19.4 Å². The van der Waals surface area contributed by atoms with Crippen molar-refractivity contribution in [3.05, 3.63) is 78.4 Å². The first-order chi connectivity index (χ1) is 15.8. The molecule has 3 rings (SSSR count). The number of benzene rings is 3. The number of carbonyl (C=O) groups excluding carboxylic acids is 1. The molecule has 0 heterocycles. The molecule has 6 nitrogen and oxygen atoms in total. The van der Waals surface area contributed by atoms with Gasteiger partial charge in [0.1, 0.15) is 5.75 Å². The third-order valence-electron chi connectivity index (χ3n) is 4.98. The quantitative estimate of drug-likeness (QED) is 0.428. The Balaban J connectivity index is 1.65. The van der Waals surface area contributed by atoms with Crippen molar-refractivity contribution < 1.29 is 17.9 Å². The van der Waals surface area contributed by atoms with Gasteiger partial charge in [-0.25, -0.2) is 8.42 Å². The molecule has 0 saturated heterocycles. The van der Waals surface area contributed by atoms with Gasteiger partial charge in [0.2, 0.25) is 10.0 Å². The molecule has 0 atom stereocenters. The van der Waals surface area contributed by atoms with Crippen LogP contribution in [0.2, 0.25) is 0 Å². The Bertz CT molecular complexity index is 1190. The lowest BCUT2D eigenvalue weighted by atomic mass is 10.2. The highest BCUT2D eigenvalue weighted by Crippen LogP contribution is 2.33.